The molecule has 0 aliphatic carbocycles. The molecule has 1 aromatic heterocycles. The van der Waals surface area contributed by atoms with E-state index in [2.05, 4.69) is 9.97 Å². The standard InChI is InChI=1S/C16H10F3N3O4S/c17-16(18,19)9-4-5-10(15(23)24)13(8-9)22(27(25)26)12-3-1-2-11-14(12)21-7-6-20-11/h1-8H,(H,23,24)(H,25,26). The summed E-state index contributed by atoms with van der Waals surface area (Å²) in [5.41, 5.74) is -1.97. The third-order valence-corrected chi connectivity index (χ3v) is 4.33. The van der Waals surface area contributed by atoms with E-state index in [1.165, 1.54) is 24.5 Å². The van der Waals surface area contributed by atoms with E-state index in [0.29, 0.717) is 22.0 Å². The first-order chi connectivity index (χ1) is 12.7. The number of anilines is 2. The molecule has 0 amide bonds. The molecule has 1 atom stereocenters. The van der Waals surface area contributed by atoms with Crippen LogP contribution in [0.5, 0.6) is 0 Å². The van der Waals surface area contributed by atoms with E-state index < -0.39 is 40.2 Å². The van der Waals surface area contributed by atoms with Gasteiger partial charge in [0.05, 0.1) is 28.0 Å². The Kier molecular flexibility index (Phi) is 4.81. The normalized spacial score (nSPS) is 12.7. The predicted molar refractivity (Wildman–Crippen MR) is 90.9 cm³/mol. The van der Waals surface area contributed by atoms with E-state index in [1.807, 2.05) is 0 Å². The van der Waals surface area contributed by atoms with E-state index in [0.717, 1.165) is 6.07 Å². The van der Waals surface area contributed by atoms with Crippen LogP contribution in [0.15, 0.2) is 48.8 Å². The molecule has 0 bridgehead atoms. The Balaban J connectivity index is 2.32. The molecule has 0 saturated heterocycles. The van der Waals surface area contributed by atoms with Crippen molar-refractivity contribution in [2.75, 3.05) is 4.31 Å². The van der Waals surface area contributed by atoms with Crippen LogP contribution in [-0.2, 0) is 17.4 Å². The summed E-state index contributed by atoms with van der Waals surface area (Å²) in [5.74, 6) is -1.56. The van der Waals surface area contributed by atoms with Crippen molar-refractivity contribution in [3.63, 3.8) is 0 Å². The van der Waals surface area contributed by atoms with Crippen molar-refractivity contribution in [3.8, 4) is 0 Å². The predicted octanol–water partition coefficient (Wildman–Crippen LogP) is 3.62. The van der Waals surface area contributed by atoms with Gasteiger partial charge in [0.1, 0.15) is 5.52 Å². The maximum atomic E-state index is 13.1. The van der Waals surface area contributed by atoms with Crippen LogP contribution in [0.1, 0.15) is 15.9 Å². The van der Waals surface area contributed by atoms with Crippen LogP contribution < -0.4 is 4.31 Å². The average Bonchev–Trinajstić information content (AvgIpc) is 2.61. The number of hydrogen-bond donors (Lipinski definition) is 2. The van der Waals surface area contributed by atoms with Crippen LogP contribution in [0.3, 0.4) is 0 Å². The van der Waals surface area contributed by atoms with Gasteiger partial charge in [-0.05, 0) is 30.3 Å². The Bertz CT molecular complexity index is 1050. The smallest absolute Gasteiger partial charge is 0.416 e. The molecule has 0 saturated carbocycles. The maximum Gasteiger partial charge on any atom is 0.416 e. The Hall–Kier alpha value is -3.05. The zero-order valence-electron chi connectivity index (χ0n) is 13.2. The summed E-state index contributed by atoms with van der Waals surface area (Å²) < 4.78 is 61.6. The highest BCUT2D eigenvalue weighted by Gasteiger charge is 2.33. The summed E-state index contributed by atoms with van der Waals surface area (Å²) in [6.45, 7) is 0. The van der Waals surface area contributed by atoms with Crippen molar-refractivity contribution in [1.29, 1.82) is 0 Å². The summed E-state index contributed by atoms with van der Waals surface area (Å²) in [6, 6.07) is 6.17. The summed E-state index contributed by atoms with van der Waals surface area (Å²) in [5, 5.41) is 9.33. The quantitative estimate of drug-likeness (QED) is 0.652. The van der Waals surface area contributed by atoms with E-state index in [4.69, 9.17) is 0 Å². The minimum Gasteiger partial charge on any atom is -0.478 e. The van der Waals surface area contributed by atoms with Crippen LogP contribution in [0.25, 0.3) is 11.0 Å². The van der Waals surface area contributed by atoms with Gasteiger partial charge in [-0.2, -0.15) is 13.2 Å². The van der Waals surface area contributed by atoms with E-state index in [1.54, 1.807) is 6.07 Å². The molecule has 2 aromatic carbocycles. The Morgan fingerprint density at radius 1 is 1.07 bits per heavy atom. The number of aromatic nitrogens is 2. The number of nitrogens with zero attached hydrogens (tertiary/aromatic N) is 3. The van der Waals surface area contributed by atoms with Gasteiger partial charge in [-0.3, -0.25) is 14.5 Å². The van der Waals surface area contributed by atoms with Gasteiger partial charge in [0.2, 0.25) is 0 Å². The molecule has 3 rings (SSSR count). The minimum absolute atomic E-state index is 0.0664. The van der Waals surface area contributed by atoms with Gasteiger partial charge in [0, 0.05) is 12.4 Å². The zero-order chi connectivity index (χ0) is 19.8. The Morgan fingerprint density at radius 3 is 2.41 bits per heavy atom. The molecular weight excluding hydrogens is 387 g/mol. The molecule has 0 aliphatic heterocycles. The molecular formula is C16H10F3N3O4S. The largest absolute Gasteiger partial charge is 0.478 e. The van der Waals surface area contributed by atoms with Gasteiger partial charge < -0.3 is 5.11 Å². The number of alkyl halides is 3. The fraction of sp³-hybridized carbons (Fsp3) is 0.0625. The van der Waals surface area contributed by atoms with Crippen molar-refractivity contribution in [2.24, 2.45) is 0 Å². The molecule has 2 N–H and O–H groups in total. The number of carbonyl (C=O) groups is 1. The molecule has 11 heteroatoms. The van der Waals surface area contributed by atoms with Gasteiger partial charge in [0.15, 0.2) is 0 Å². The van der Waals surface area contributed by atoms with Gasteiger partial charge in [-0.15, -0.1) is 0 Å². The van der Waals surface area contributed by atoms with Crippen LogP contribution in [0, 0.1) is 0 Å². The van der Waals surface area contributed by atoms with E-state index in [9.17, 15) is 31.8 Å². The first-order valence-electron chi connectivity index (χ1n) is 7.25. The summed E-state index contributed by atoms with van der Waals surface area (Å²) in [6.07, 6.45) is -2.10. The van der Waals surface area contributed by atoms with E-state index in [-0.39, 0.29) is 11.2 Å². The molecule has 0 spiro atoms. The van der Waals surface area contributed by atoms with Crippen molar-refractivity contribution in [3.05, 3.63) is 59.9 Å². The molecule has 3 aromatic rings. The zero-order valence-corrected chi connectivity index (χ0v) is 14.0. The monoisotopic (exact) mass is 397 g/mol. The molecule has 140 valence electrons. The molecule has 7 nitrogen and oxygen atoms in total. The number of hydrogen-bond acceptors (Lipinski definition) is 4. The topological polar surface area (TPSA) is 104 Å². The lowest BCUT2D eigenvalue weighted by Gasteiger charge is -2.23. The first-order valence-corrected chi connectivity index (χ1v) is 8.32. The fourth-order valence-corrected chi connectivity index (χ4v) is 3.13. The number of carboxylic acid groups (broad SMARTS) is 1. The molecule has 0 fully saturated rings. The lowest BCUT2D eigenvalue weighted by Crippen LogP contribution is -2.23. The van der Waals surface area contributed by atoms with Crippen LogP contribution >= 0.6 is 0 Å². The highest BCUT2D eigenvalue weighted by atomic mass is 32.2. The van der Waals surface area contributed by atoms with E-state index >= 15 is 0 Å². The third-order valence-electron chi connectivity index (χ3n) is 3.63. The number of carboxylic acids is 1. The lowest BCUT2D eigenvalue weighted by molar-refractivity contribution is -0.137. The van der Waals surface area contributed by atoms with Crippen LogP contribution in [0.4, 0.5) is 24.5 Å². The molecule has 0 aliphatic rings. The minimum atomic E-state index is -4.77. The first kappa shape index (κ1) is 18.7. The van der Waals surface area contributed by atoms with Crippen molar-refractivity contribution in [1.82, 2.24) is 9.97 Å². The van der Waals surface area contributed by atoms with Crippen molar-refractivity contribution < 1.29 is 31.8 Å². The second-order valence-electron chi connectivity index (χ2n) is 5.26. The van der Waals surface area contributed by atoms with Gasteiger partial charge >= 0.3 is 12.1 Å². The summed E-state index contributed by atoms with van der Waals surface area (Å²) >= 11 is -2.89. The molecule has 0 radical (unpaired) electrons. The SMILES string of the molecule is O=C(O)c1ccc(C(F)(F)F)cc1N(c1cccc2nccnc12)S(=O)O. The number of para-hydroxylation sites is 1. The fourth-order valence-electron chi connectivity index (χ4n) is 2.50. The van der Waals surface area contributed by atoms with Gasteiger partial charge in [0.25, 0.3) is 11.3 Å². The van der Waals surface area contributed by atoms with Crippen molar-refractivity contribution >= 4 is 39.6 Å². The highest BCUT2D eigenvalue weighted by molar-refractivity contribution is 7.81. The average molecular weight is 397 g/mol. The number of benzene rings is 2. The van der Waals surface area contributed by atoms with Gasteiger partial charge in [-0.1, -0.05) is 6.07 Å². The van der Waals surface area contributed by atoms with Crippen molar-refractivity contribution in [2.45, 2.75) is 6.18 Å². The number of fused-ring (bicyclic) bond motifs is 1. The molecule has 1 unspecified atom stereocenters. The summed E-state index contributed by atoms with van der Waals surface area (Å²) in [4.78, 5) is 19.6. The second-order valence-corrected chi connectivity index (χ2v) is 6.09. The molecule has 27 heavy (non-hydrogen) atoms. The number of aromatic carboxylic acids is 1. The number of halogens is 3. The van der Waals surface area contributed by atoms with Crippen LogP contribution in [-0.4, -0.2) is 29.8 Å². The third kappa shape index (κ3) is 3.59. The Morgan fingerprint density at radius 2 is 1.78 bits per heavy atom. The lowest BCUT2D eigenvalue weighted by atomic mass is 10.1. The van der Waals surface area contributed by atoms with Crippen LogP contribution in [0.2, 0.25) is 0 Å². The Labute approximate surface area is 152 Å². The van der Waals surface area contributed by atoms with Gasteiger partial charge in [-0.25, -0.2) is 13.3 Å². The maximum absolute atomic E-state index is 13.1. The number of rotatable bonds is 4. The highest BCUT2D eigenvalue weighted by Crippen LogP contribution is 2.38. The summed E-state index contributed by atoms with van der Waals surface area (Å²) in [7, 11) is 0. The molecule has 1 heterocycles. The second kappa shape index (κ2) is 6.93.